The first-order valence-electron chi connectivity index (χ1n) is 8.52. The minimum Gasteiger partial charge on any atom is -0.463 e. The van der Waals surface area contributed by atoms with Crippen molar-refractivity contribution in [1.82, 2.24) is 24.4 Å². The Bertz CT molecular complexity index is 714. The highest BCUT2D eigenvalue weighted by molar-refractivity contribution is 5.81. The number of fused-ring (bicyclic) bond motifs is 1. The normalized spacial score (nSPS) is 13.0. The van der Waals surface area contributed by atoms with E-state index in [1.165, 1.54) is 0 Å². The maximum absolute atomic E-state index is 10.0. The average molecular weight is 350 g/mol. The summed E-state index contributed by atoms with van der Waals surface area (Å²) in [5, 5.41) is 10.0. The first-order chi connectivity index (χ1) is 11.5. The number of hydrogen-bond acceptors (Lipinski definition) is 7. The Kier molecular flexibility index (Phi) is 5.53. The molecule has 0 atom stereocenters. The van der Waals surface area contributed by atoms with Crippen LogP contribution in [0.2, 0.25) is 0 Å². The van der Waals surface area contributed by atoms with E-state index in [9.17, 15) is 5.11 Å². The first-order valence-corrected chi connectivity index (χ1v) is 8.52. The van der Waals surface area contributed by atoms with Gasteiger partial charge in [-0.25, -0.2) is 4.98 Å². The molecule has 0 saturated carbocycles. The third kappa shape index (κ3) is 5.27. The first kappa shape index (κ1) is 19.4. The number of hydrogen-bond donors (Lipinski definition) is 2. The zero-order chi connectivity index (χ0) is 18.8. The van der Waals surface area contributed by atoms with Gasteiger partial charge in [-0.1, -0.05) is 0 Å². The SMILES string of the molecule is CN(CCCOc1nc(N)c2ncn(CC(C)(C)O)c2n1)C(C)(C)C. The van der Waals surface area contributed by atoms with Crippen molar-refractivity contribution in [3.05, 3.63) is 6.33 Å². The summed E-state index contributed by atoms with van der Waals surface area (Å²) in [6, 6.07) is 0.237. The van der Waals surface area contributed by atoms with Gasteiger partial charge in [0.1, 0.15) is 0 Å². The molecule has 2 rings (SSSR count). The van der Waals surface area contributed by atoms with Crippen molar-refractivity contribution < 1.29 is 9.84 Å². The zero-order valence-electron chi connectivity index (χ0n) is 16.1. The lowest BCUT2D eigenvalue weighted by molar-refractivity contribution is 0.0624. The van der Waals surface area contributed by atoms with E-state index in [0.29, 0.717) is 24.3 Å². The number of nitrogens with two attached hydrogens (primary N) is 1. The monoisotopic (exact) mass is 350 g/mol. The molecule has 0 aliphatic carbocycles. The van der Waals surface area contributed by atoms with Crippen LogP contribution in [0.4, 0.5) is 5.82 Å². The van der Waals surface area contributed by atoms with E-state index in [1.54, 1.807) is 24.7 Å². The van der Waals surface area contributed by atoms with Crippen molar-refractivity contribution in [3.63, 3.8) is 0 Å². The van der Waals surface area contributed by atoms with Gasteiger partial charge >= 0.3 is 6.01 Å². The molecular weight excluding hydrogens is 320 g/mol. The summed E-state index contributed by atoms with van der Waals surface area (Å²) in [5.74, 6) is 0.279. The van der Waals surface area contributed by atoms with E-state index < -0.39 is 5.60 Å². The highest BCUT2D eigenvalue weighted by atomic mass is 16.5. The van der Waals surface area contributed by atoms with E-state index in [1.807, 2.05) is 0 Å². The standard InChI is InChI=1S/C17H30N6O2/c1-16(2,3)22(6)8-7-9-25-15-20-13(18)12-14(21-15)23(11-19-12)10-17(4,5)24/h11,24H,7-10H2,1-6H3,(H2,18,20,21). The molecule has 8 nitrogen and oxygen atoms in total. The number of imidazole rings is 1. The van der Waals surface area contributed by atoms with Gasteiger partial charge < -0.3 is 25.0 Å². The van der Waals surface area contributed by atoms with Crippen molar-refractivity contribution in [3.8, 4) is 6.01 Å². The van der Waals surface area contributed by atoms with E-state index in [0.717, 1.165) is 13.0 Å². The van der Waals surface area contributed by atoms with Gasteiger partial charge in [-0.3, -0.25) is 0 Å². The third-order valence-corrected chi connectivity index (χ3v) is 4.04. The van der Waals surface area contributed by atoms with Gasteiger partial charge in [0.15, 0.2) is 17.0 Å². The summed E-state index contributed by atoms with van der Waals surface area (Å²) < 4.78 is 7.44. The predicted octanol–water partition coefficient (Wildman–Crippen LogP) is 1.68. The van der Waals surface area contributed by atoms with Gasteiger partial charge in [0.25, 0.3) is 0 Å². The van der Waals surface area contributed by atoms with Crippen LogP contribution in [0, 0.1) is 0 Å². The van der Waals surface area contributed by atoms with Gasteiger partial charge in [0.05, 0.1) is 25.1 Å². The van der Waals surface area contributed by atoms with Gasteiger partial charge in [-0.05, 0) is 48.1 Å². The van der Waals surface area contributed by atoms with Crippen LogP contribution < -0.4 is 10.5 Å². The molecule has 0 aromatic carbocycles. The van der Waals surface area contributed by atoms with Gasteiger partial charge in [-0.2, -0.15) is 9.97 Å². The Balaban J connectivity index is 2.05. The second kappa shape index (κ2) is 7.13. The number of rotatable bonds is 7. The fourth-order valence-electron chi connectivity index (χ4n) is 2.34. The number of nitrogen functional groups attached to an aromatic ring is 1. The van der Waals surface area contributed by atoms with Crippen molar-refractivity contribution in [2.45, 2.75) is 58.7 Å². The summed E-state index contributed by atoms with van der Waals surface area (Å²) in [6.07, 6.45) is 2.47. The smallest absolute Gasteiger partial charge is 0.320 e. The Labute approximate surface area is 149 Å². The van der Waals surface area contributed by atoms with E-state index in [-0.39, 0.29) is 17.4 Å². The second-order valence-corrected chi connectivity index (χ2v) is 8.04. The highest BCUT2D eigenvalue weighted by Gasteiger charge is 2.19. The molecule has 2 aromatic rings. The molecule has 0 radical (unpaired) electrons. The lowest BCUT2D eigenvalue weighted by atomic mass is 10.1. The van der Waals surface area contributed by atoms with Crippen LogP contribution in [0.3, 0.4) is 0 Å². The van der Waals surface area contributed by atoms with Crippen LogP contribution in [0.5, 0.6) is 6.01 Å². The fourth-order valence-corrected chi connectivity index (χ4v) is 2.34. The molecule has 140 valence electrons. The molecule has 25 heavy (non-hydrogen) atoms. The fraction of sp³-hybridized carbons (Fsp3) is 0.706. The van der Waals surface area contributed by atoms with E-state index in [2.05, 4.69) is 47.7 Å². The molecule has 0 saturated heterocycles. The van der Waals surface area contributed by atoms with Crippen LogP contribution in [0.25, 0.3) is 11.2 Å². The quantitative estimate of drug-likeness (QED) is 0.732. The van der Waals surface area contributed by atoms with Crippen molar-refractivity contribution in [2.24, 2.45) is 0 Å². The summed E-state index contributed by atoms with van der Waals surface area (Å²) in [7, 11) is 2.09. The second-order valence-electron chi connectivity index (χ2n) is 8.04. The van der Waals surface area contributed by atoms with Crippen LogP contribution in [0.1, 0.15) is 41.0 Å². The number of anilines is 1. The molecule has 8 heteroatoms. The molecule has 0 aliphatic heterocycles. The zero-order valence-corrected chi connectivity index (χ0v) is 16.1. The molecule has 0 spiro atoms. The van der Waals surface area contributed by atoms with Crippen LogP contribution in [-0.4, -0.2) is 60.9 Å². The molecule has 0 unspecified atom stereocenters. The maximum atomic E-state index is 10.0. The summed E-state index contributed by atoms with van der Waals surface area (Å²) >= 11 is 0. The number of aliphatic hydroxyl groups is 1. The Morgan fingerprint density at radius 1 is 1.24 bits per heavy atom. The lowest BCUT2D eigenvalue weighted by Crippen LogP contribution is -2.39. The minimum atomic E-state index is -0.883. The Morgan fingerprint density at radius 3 is 2.52 bits per heavy atom. The number of nitrogens with zero attached hydrogens (tertiary/aromatic N) is 5. The Morgan fingerprint density at radius 2 is 1.92 bits per heavy atom. The lowest BCUT2D eigenvalue weighted by Gasteiger charge is -2.31. The van der Waals surface area contributed by atoms with E-state index >= 15 is 0 Å². The van der Waals surface area contributed by atoms with Crippen LogP contribution >= 0.6 is 0 Å². The van der Waals surface area contributed by atoms with Crippen LogP contribution in [0.15, 0.2) is 6.33 Å². The highest BCUT2D eigenvalue weighted by Crippen LogP contribution is 2.21. The van der Waals surface area contributed by atoms with Crippen molar-refractivity contribution in [2.75, 3.05) is 25.9 Å². The largest absolute Gasteiger partial charge is 0.463 e. The molecular formula is C17H30N6O2. The molecule has 0 aliphatic rings. The third-order valence-electron chi connectivity index (χ3n) is 4.04. The van der Waals surface area contributed by atoms with Crippen LogP contribution in [-0.2, 0) is 6.54 Å². The topological polar surface area (TPSA) is 102 Å². The van der Waals surface area contributed by atoms with Gasteiger partial charge in [0, 0.05) is 12.1 Å². The van der Waals surface area contributed by atoms with Gasteiger partial charge in [-0.15, -0.1) is 0 Å². The summed E-state index contributed by atoms with van der Waals surface area (Å²) in [6.45, 7) is 11.8. The Hall–Kier alpha value is -1.93. The summed E-state index contributed by atoms with van der Waals surface area (Å²) in [4.78, 5) is 15.1. The molecule has 2 heterocycles. The average Bonchev–Trinajstić information content (AvgIpc) is 2.84. The summed E-state index contributed by atoms with van der Waals surface area (Å²) in [5.41, 5.74) is 6.30. The van der Waals surface area contributed by atoms with Crippen molar-refractivity contribution in [1.29, 1.82) is 0 Å². The minimum absolute atomic E-state index is 0.128. The predicted molar refractivity (Wildman–Crippen MR) is 98.5 cm³/mol. The number of aromatic nitrogens is 4. The molecule has 0 amide bonds. The molecule has 3 N–H and O–H groups in total. The van der Waals surface area contributed by atoms with E-state index in [4.69, 9.17) is 10.5 Å². The molecule has 2 aromatic heterocycles. The number of ether oxygens (including phenoxy) is 1. The molecule has 0 bridgehead atoms. The molecule has 0 fully saturated rings. The maximum Gasteiger partial charge on any atom is 0.320 e. The van der Waals surface area contributed by atoms with Gasteiger partial charge in [0.2, 0.25) is 0 Å². The van der Waals surface area contributed by atoms with Crippen molar-refractivity contribution >= 4 is 17.0 Å².